The average molecular weight is 453 g/mol. The highest BCUT2D eigenvalue weighted by Gasteiger charge is 2.37. The van der Waals surface area contributed by atoms with Crippen molar-refractivity contribution in [2.24, 2.45) is 0 Å². The molecule has 1 aliphatic heterocycles. The van der Waals surface area contributed by atoms with Crippen LogP contribution in [0.5, 0.6) is 0 Å². The summed E-state index contributed by atoms with van der Waals surface area (Å²) in [6.07, 6.45) is -0.705. The number of nitrogens with one attached hydrogen (secondary N) is 2. The molecule has 0 aromatic heterocycles. The molecule has 0 saturated carbocycles. The zero-order valence-electron chi connectivity index (χ0n) is 18.5. The number of benzene rings is 2. The van der Waals surface area contributed by atoms with Crippen molar-refractivity contribution in [3.63, 3.8) is 0 Å². The predicted molar refractivity (Wildman–Crippen MR) is 121 cm³/mol. The van der Waals surface area contributed by atoms with Crippen molar-refractivity contribution < 1.29 is 29.0 Å². The zero-order chi connectivity index (χ0) is 23.4. The molecular weight excluding hydrogens is 424 g/mol. The summed E-state index contributed by atoms with van der Waals surface area (Å²) in [6.45, 7) is 2.30. The van der Waals surface area contributed by atoms with Crippen LogP contribution >= 0.6 is 0 Å². The largest absolute Gasteiger partial charge is 0.481 e. The van der Waals surface area contributed by atoms with Gasteiger partial charge in [-0.1, -0.05) is 55.5 Å². The molecule has 2 aliphatic rings. The van der Waals surface area contributed by atoms with Gasteiger partial charge in [0.2, 0.25) is 0 Å². The van der Waals surface area contributed by atoms with Crippen molar-refractivity contribution in [1.82, 2.24) is 10.6 Å². The Hall–Kier alpha value is -3.39. The van der Waals surface area contributed by atoms with Crippen LogP contribution in [0.2, 0.25) is 0 Å². The maximum absolute atomic E-state index is 12.6. The Labute approximate surface area is 192 Å². The van der Waals surface area contributed by atoms with Gasteiger partial charge in [-0.2, -0.15) is 0 Å². The lowest BCUT2D eigenvalue weighted by atomic mass is 9.98. The van der Waals surface area contributed by atoms with Gasteiger partial charge in [-0.15, -0.1) is 0 Å². The Balaban J connectivity index is 1.35. The molecule has 33 heavy (non-hydrogen) atoms. The van der Waals surface area contributed by atoms with E-state index in [1.807, 2.05) is 36.4 Å². The maximum Gasteiger partial charge on any atom is 0.407 e. The SMILES string of the molecule is CC[C@H](CC(=O)O)NC(=O)[C@@H]1OCC[C@@H]1NC(=O)OCC1c2ccccc2-c2ccccc21. The molecule has 174 valence electrons. The molecule has 3 atom stereocenters. The molecular formula is C25H28N2O6. The molecule has 1 heterocycles. The molecule has 8 heteroatoms. The van der Waals surface area contributed by atoms with Crippen molar-refractivity contribution in [1.29, 1.82) is 0 Å². The number of carbonyl (C=O) groups is 3. The van der Waals surface area contributed by atoms with Crippen molar-refractivity contribution in [2.75, 3.05) is 13.2 Å². The molecule has 0 spiro atoms. The van der Waals surface area contributed by atoms with Crippen LogP contribution < -0.4 is 10.6 Å². The summed E-state index contributed by atoms with van der Waals surface area (Å²) in [7, 11) is 0. The molecule has 4 rings (SSSR count). The molecule has 0 unspecified atom stereocenters. The fourth-order valence-corrected chi connectivity index (χ4v) is 4.58. The first-order valence-electron chi connectivity index (χ1n) is 11.2. The van der Waals surface area contributed by atoms with Crippen LogP contribution in [-0.2, 0) is 19.1 Å². The Bertz CT molecular complexity index is 994. The highest BCUT2D eigenvalue weighted by Crippen LogP contribution is 2.44. The molecule has 1 aliphatic carbocycles. The number of aliphatic carboxylic acids is 1. The molecule has 2 aromatic rings. The van der Waals surface area contributed by atoms with Crippen LogP contribution in [0.4, 0.5) is 4.79 Å². The van der Waals surface area contributed by atoms with E-state index in [0.29, 0.717) is 19.4 Å². The number of carboxylic acid groups (broad SMARTS) is 1. The molecule has 1 saturated heterocycles. The van der Waals surface area contributed by atoms with Gasteiger partial charge < -0.3 is 25.2 Å². The number of carbonyl (C=O) groups excluding carboxylic acids is 2. The number of amides is 2. The number of carboxylic acids is 1. The van der Waals surface area contributed by atoms with E-state index < -0.39 is 36.2 Å². The van der Waals surface area contributed by atoms with E-state index in [1.54, 1.807) is 6.92 Å². The van der Waals surface area contributed by atoms with Gasteiger partial charge in [0.1, 0.15) is 6.61 Å². The molecule has 0 bridgehead atoms. The second kappa shape index (κ2) is 10.0. The Morgan fingerprint density at radius 1 is 1.09 bits per heavy atom. The first kappa shape index (κ1) is 22.8. The van der Waals surface area contributed by atoms with E-state index in [0.717, 1.165) is 22.3 Å². The van der Waals surface area contributed by atoms with Gasteiger partial charge in [0.25, 0.3) is 5.91 Å². The second-order valence-corrected chi connectivity index (χ2v) is 8.37. The lowest BCUT2D eigenvalue weighted by molar-refractivity contribution is -0.138. The third kappa shape index (κ3) is 5.01. The van der Waals surface area contributed by atoms with Gasteiger partial charge in [0, 0.05) is 18.6 Å². The molecule has 3 N–H and O–H groups in total. The molecule has 0 radical (unpaired) electrons. The van der Waals surface area contributed by atoms with Crippen molar-refractivity contribution in [3.8, 4) is 11.1 Å². The van der Waals surface area contributed by atoms with Crippen LogP contribution in [0.3, 0.4) is 0 Å². The number of alkyl carbamates (subject to hydrolysis) is 1. The lowest BCUT2D eigenvalue weighted by Gasteiger charge is -2.22. The highest BCUT2D eigenvalue weighted by atomic mass is 16.6. The summed E-state index contributed by atoms with van der Waals surface area (Å²) in [5, 5.41) is 14.4. The average Bonchev–Trinajstić information content (AvgIpc) is 3.39. The van der Waals surface area contributed by atoms with Gasteiger partial charge in [-0.25, -0.2) is 4.79 Å². The van der Waals surface area contributed by atoms with Crippen molar-refractivity contribution in [2.45, 2.75) is 50.3 Å². The van der Waals surface area contributed by atoms with Crippen LogP contribution in [-0.4, -0.2) is 54.5 Å². The molecule has 2 aromatic carbocycles. The van der Waals surface area contributed by atoms with E-state index in [1.165, 1.54) is 0 Å². The van der Waals surface area contributed by atoms with Crippen LogP contribution in [0.15, 0.2) is 48.5 Å². The van der Waals surface area contributed by atoms with Gasteiger partial charge in [0.05, 0.1) is 12.5 Å². The third-order valence-corrected chi connectivity index (χ3v) is 6.26. The first-order valence-corrected chi connectivity index (χ1v) is 11.2. The Morgan fingerprint density at radius 2 is 1.73 bits per heavy atom. The van der Waals surface area contributed by atoms with Crippen LogP contribution in [0.1, 0.15) is 43.2 Å². The quantitative estimate of drug-likeness (QED) is 0.567. The summed E-state index contributed by atoms with van der Waals surface area (Å²) in [5.74, 6) is -1.46. The van der Waals surface area contributed by atoms with Gasteiger partial charge in [-0.05, 0) is 35.1 Å². The van der Waals surface area contributed by atoms with Gasteiger partial charge in [0.15, 0.2) is 6.10 Å². The van der Waals surface area contributed by atoms with Crippen LogP contribution in [0, 0.1) is 0 Å². The van der Waals surface area contributed by atoms with E-state index >= 15 is 0 Å². The van der Waals surface area contributed by atoms with Crippen molar-refractivity contribution in [3.05, 3.63) is 59.7 Å². The maximum atomic E-state index is 12.6. The third-order valence-electron chi connectivity index (χ3n) is 6.26. The smallest absolute Gasteiger partial charge is 0.407 e. The van der Waals surface area contributed by atoms with Gasteiger partial charge >= 0.3 is 12.1 Å². The summed E-state index contributed by atoms with van der Waals surface area (Å²) in [4.78, 5) is 36.1. The van der Waals surface area contributed by atoms with Crippen molar-refractivity contribution >= 4 is 18.0 Å². The number of ether oxygens (including phenoxy) is 2. The predicted octanol–water partition coefficient (Wildman–Crippen LogP) is 3.05. The molecule has 1 fully saturated rings. The van der Waals surface area contributed by atoms with E-state index in [4.69, 9.17) is 14.6 Å². The molecule has 8 nitrogen and oxygen atoms in total. The minimum absolute atomic E-state index is 0.0524. The topological polar surface area (TPSA) is 114 Å². The normalized spacial score (nSPS) is 19.9. The monoisotopic (exact) mass is 452 g/mol. The fourth-order valence-electron chi connectivity index (χ4n) is 4.58. The zero-order valence-corrected chi connectivity index (χ0v) is 18.5. The Morgan fingerprint density at radius 3 is 2.33 bits per heavy atom. The lowest BCUT2D eigenvalue weighted by Crippen LogP contribution is -2.50. The van der Waals surface area contributed by atoms with Crippen LogP contribution in [0.25, 0.3) is 11.1 Å². The number of rotatable bonds is 8. The van der Waals surface area contributed by atoms with E-state index in [2.05, 4.69) is 22.8 Å². The number of hydrogen-bond acceptors (Lipinski definition) is 5. The molecule has 2 amide bonds. The van der Waals surface area contributed by atoms with Gasteiger partial charge in [-0.3, -0.25) is 9.59 Å². The Kier molecular flexibility index (Phi) is 6.93. The fraction of sp³-hybridized carbons (Fsp3) is 0.400. The first-order chi connectivity index (χ1) is 16.0. The summed E-state index contributed by atoms with van der Waals surface area (Å²) < 4.78 is 11.1. The number of fused-ring (bicyclic) bond motifs is 3. The second-order valence-electron chi connectivity index (χ2n) is 8.37. The summed E-state index contributed by atoms with van der Waals surface area (Å²) in [6, 6.07) is 15.2. The van der Waals surface area contributed by atoms with E-state index in [9.17, 15) is 14.4 Å². The highest BCUT2D eigenvalue weighted by molar-refractivity contribution is 5.84. The standard InChI is InChI=1S/C25H28N2O6/c1-2-15(13-22(28)29)26-24(30)23-21(11-12-32-23)27-25(31)33-14-20-18-9-5-3-7-16(18)17-8-4-6-10-19(17)20/h3-10,15,20-21,23H,2,11-14H2,1H3,(H,26,30)(H,27,31)(H,28,29)/t15-,21+,23-/m1/s1. The summed E-state index contributed by atoms with van der Waals surface area (Å²) in [5.41, 5.74) is 4.54. The summed E-state index contributed by atoms with van der Waals surface area (Å²) >= 11 is 0. The minimum atomic E-state index is -0.984. The minimum Gasteiger partial charge on any atom is -0.481 e. The number of hydrogen-bond donors (Lipinski definition) is 3. The van der Waals surface area contributed by atoms with E-state index in [-0.39, 0.29) is 18.9 Å².